The van der Waals surface area contributed by atoms with E-state index in [0.29, 0.717) is 13.2 Å². The Morgan fingerprint density at radius 1 is 1.16 bits per heavy atom. The summed E-state index contributed by atoms with van der Waals surface area (Å²) in [5.74, 6) is 0.882. The Balaban J connectivity index is 1.45. The van der Waals surface area contributed by atoms with Crippen molar-refractivity contribution in [1.29, 1.82) is 0 Å². The Morgan fingerprint density at radius 2 is 2.04 bits per heavy atom. The quantitative estimate of drug-likeness (QED) is 0.748. The molecule has 1 aromatic heterocycles. The van der Waals surface area contributed by atoms with Gasteiger partial charge in [0.1, 0.15) is 12.4 Å². The number of benzene rings is 2. The van der Waals surface area contributed by atoms with Gasteiger partial charge in [-0.3, -0.25) is 4.79 Å². The van der Waals surface area contributed by atoms with Gasteiger partial charge in [-0.15, -0.1) is 11.3 Å². The monoisotopic (exact) mass is 349 g/mol. The van der Waals surface area contributed by atoms with Crippen molar-refractivity contribution in [1.82, 2.24) is 5.32 Å². The van der Waals surface area contributed by atoms with E-state index in [2.05, 4.69) is 36.5 Å². The van der Waals surface area contributed by atoms with Crippen molar-refractivity contribution >= 4 is 17.2 Å². The Morgan fingerprint density at radius 3 is 2.92 bits per heavy atom. The van der Waals surface area contributed by atoms with E-state index >= 15 is 0 Å². The average molecular weight is 349 g/mol. The molecule has 0 saturated carbocycles. The lowest BCUT2D eigenvalue weighted by atomic mass is 10.1. The van der Waals surface area contributed by atoms with E-state index < -0.39 is 0 Å². The molecule has 1 aliphatic heterocycles. The number of hydrogen-bond donors (Lipinski definition) is 1. The van der Waals surface area contributed by atoms with Crippen molar-refractivity contribution < 1.29 is 9.53 Å². The van der Waals surface area contributed by atoms with Gasteiger partial charge in [0.15, 0.2) is 0 Å². The zero-order valence-corrected chi connectivity index (χ0v) is 14.9. The number of para-hydroxylation sites is 1. The third-order valence-electron chi connectivity index (χ3n) is 4.33. The van der Waals surface area contributed by atoms with Crippen LogP contribution in [0, 0.1) is 6.92 Å². The fourth-order valence-corrected chi connectivity index (χ4v) is 4.20. The Bertz CT molecular complexity index is 929. The van der Waals surface area contributed by atoms with Crippen LogP contribution in [0.1, 0.15) is 26.4 Å². The van der Waals surface area contributed by atoms with Gasteiger partial charge in [-0.2, -0.15) is 0 Å². The molecule has 3 nitrogen and oxygen atoms in total. The fourth-order valence-electron chi connectivity index (χ4n) is 3.09. The zero-order valence-electron chi connectivity index (χ0n) is 14.0. The second-order valence-electron chi connectivity index (χ2n) is 6.24. The van der Waals surface area contributed by atoms with Crippen molar-refractivity contribution in [2.45, 2.75) is 20.0 Å². The number of hydrogen-bond acceptors (Lipinski definition) is 3. The first-order valence-corrected chi connectivity index (χ1v) is 9.21. The minimum Gasteiger partial charge on any atom is -0.488 e. The summed E-state index contributed by atoms with van der Waals surface area (Å²) in [7, 11) is 0. The lowest BCUT2D eigenvalue weighted by Gasteiger charge is -2.16. The standard InChI is InChI=1S/C21H19NO2S/c1-14-5-4-6-15(11-14)9-10-22-21(23)19-12-16-13-24-18-8-3-2-7-17(18)20(16)25-19/h2-8,11-12H,9-10,13H2,1H3,(H,22,23). The maximum absolute atomic E-state index is 12.5. The van der Waals surface area contributed by atoms with E-state index in [9.17, 15) is 4.79 Å². The number of carbonyl (C=O) groups is 1. The fraction of sp³-hybridized carbons (Fsp3) is 0.190. The van der Waals surface area contributed by atoms with Crippen LogP contribution in [0.15, 0.2) is 54.6 Å². The molecule has 4 heteroatoms. The van der Waals surface area contributed by atoms with Gasteiger partial charge in [0.2, 0.25) is 0 Å². The number of aryl methyl sites for hydroxylation is 1. The summed E-state index contributed by atoms with van der Waals surface area (Å²) in [6.07, 6.45) is 0.838. The molecule has 1 aliphatic rings. The zero-order chi connectivity index (χ0) is 17.2. The van der Waals surface area contributed by atoms with Gasteiger partial charge in [0, 0.05) is 22.5 Å². The number of thiophene rings is 1. The van der Waals surface area contributed by atoms with Gasteiger partial charge in [-0.1, -0.05) is 42.0 Å². The largest absolute Gasteiger partial charge is 0.488 e. The molecule has 2 aromatic carbocycles. The molecule has 1 N–H and O–H groups in total. The van der Waals surface area contributed by atoms with Crippen LogP contribution in [0.25, 0.3) is 10.4 Å². The van der Waals surface area contributed by atoms with Crippen molar-refractivity contribution in [2.24, 2.45) is 0 Å². The second kappa shape index (κ2) is 6.73. The van der Waals surface area contributed by atoms with Gasteiger partial charge in [-0.05, 0) is 37.1 Å². The van der Waals surface area contributed by atoms with E-state index in [4.69, 9.17) is 4.74 Å². The summed E-state index contributed by atoms with van der Waals surface area (Å²) in [5, 5.41) is 3.03. The molecule has 0 radical (unpaired) electrons. The molecule has 25 heavy (non-hydrogen) atoms. The summed E-state index contributed by atoms with van der Waals surface area (Å²) < 4.78 is 5.77. The molecule has 126 valence electrons. The lowest BCUT2D eigenvalue weighted by Crippen LogP contribution is -2.24. The van der Waals surface area contributed by atoms with E-state index in [1.54, 1.807) is 11.3 Å². The number of amides is 1. The molecule has 0 bridgehead atoms. The highest BCUT2D eigenvalue weighted by Gasteiger charge is 2.22. The highest BCUT2D eigenvalue weighted by molar-refractivity contribution is 7.17. The summed E-state index contributed by atoms with van der Waals surface area (Å²) in [5.41, 5.74) is 4.65. The van der Waals surface area contributed by atoms with Crippen LogP contribution >= 0.6 is 11.3 Å². The van der Waals surface area contributed by atoms with E-state index in [1.807, 2.05) is 30.3 Å². The van der Waals surface area contributed by atoms with Crippen molar-refractivity contribution in [3.8, 4) is 16.2 Å². The number of rotatable bonds is 4. The summed E-state index contributed by atoms with van der Waals surface area (Å²) in [4.78, 5) is 14.4. The first kappa shape index (κ1) is 15.9. The number of nitrogens with one attached hydrogen (secondary N) is 1. The molecule has 2 heterocycles. The van der Waals surface area contributed by atoms with Crippen LogP contribution in [0.5, 0.6) is 5.75 Å². The maximum atomic E-state index is 12.5. The Kier molecular flexibility index (Phi) is 4.28. The van der Waals surface area contributed by atoms with Crippen LogP contribution in [-0.4, -0.2) is 12.5 Å². The van der Waals surface area contributed by atoms with Crippen molar-refractivity contribution in [2.75, 3.05) is 6.54 Å². The molecule has 1 amide bonds. The average Bonchev–Trinajstić information content (AvgIpc) is 3.07. The molecule has 3 aromatic rings. The maximum Gasteiger partial charge on any atom is 0.261 e. The van der Waals surface area contributed by atoms with Gasteiger partial charge < -0.3 is 10.1 Å². The predicted molar refractivity (Wildman–Crippen MR) is 101 cm³/mol. The molecule has 0 fully saturated rings. The predicted octanol–water partition coefficient (Wildman–Crippen LogP) is 4.59. The van der Waals surface area contributed by atoms with Crippen LogP contribution in [0.2, 0.25) is 0 Å². The summed E-state index contributed by atoms with van der Waals surface area (Å²) >= 11 is 1.54. The van der Waals surface area contributed by atoms with Gasteiger partial charge in [0.25, 0.3) is 5.91 Å². The van der Waals surface area contributed by atoms with Crippen LogP contribution in [-0.2, 0) is 13.0 Å². The van der Waals surface area contributed by atoms with E-state index in [0.717, 1.165) is 33.1 Å². The van der Waals surface area contributed by atoms with Gasteiger partial charge in [0.05, 0.1) is 4.88 Å². The van der Waals surface area contributed by atoms with E-state index in [-0.39, 0.29) is 5.91 Å². The molecule has 4 rings (SSSR count). The molecule has 0 spiro atoms. The first-order valence-electron chi connectivity index (χ1n) is 8.39. The molecular formula is C21H19NO2S. The third kappa shape index (κ3) is 3.30. The Hall–Kier alpha value is -2.59. The van der Waals surface area contributed by atoms with Crippen LogP contribution in [0.3, 0.4) is 0 Å². The summed E-state index contributed by atoms with van der Waals surface area (Å²) in [6, 6.07) is 18.3. The minimum atomic E-state index is -0.00969. The molecular weight excluding hydrogens is 330 g/mol. The van der Waals surface area contributed by atoms with Crippen molar-refractivity contribution in [3.05, 3.63) is 76.2 Å². The topological polar surface area (TPSA) is 38.3 Å². The van der Waals surface area contributed by atoms with Gasteiger partial charge in [-0.25, -0.2) is 0 Å². The minimum absolute atomic E-state index is 0.00969. The molecule has 0 atom stereocenters. The molecule has 0 unspecified atom stereocenters. The summed E-state index contributed by atoms with van der Waals surface area (Å²) in [6.45, 7) is 3.25. The molecule has 0 aliphatic carbocycles. The third-order valence-corrected chi connectivity index (χ3v) is 5.54. The number of carbonyl (C=O) groups excluding carboxylic acids is 1. The lowest BCUT2D eigenvalue weighted by molar-refractivity contribution is 0.0958. The SMILES string of the molecule is Cc1cccc(CCNC(=O)c2cc3c(s2)-c2ccccc2OC3)c1. The first-order chi connectivity index (χ1) is 12.2. The highest BCUT2D eigenvalue weighted by atomic mass is 32.1. The van der Waals surface area contributed by atoms with Gasteiger partial charge >= 0.3 is 0 Å². The Labute approximate surface area is 151 Å². The smallest absolute Gasteiger partial charge is 0.261 e. The van der Waals surface area contributed by atoms with Crippen molar-refractivity contribution in [3.63, 3.8) is 0 Å². The second-order valence-corrected chi connectivity index (χ2v) is 7.30. The van der Waals surface area contributed by atoms with Crippen LogP contribution in [0.4, 0.5) is 0 Å². The van der Waals surface area contributed by atoms with Crippen LogP contribution < -0.4 is 10.1 Å². The normalized spacial score (nSPS) is 12.0. The van der Waals surface area contributed by atoms with E-state index in [1.165, 1.54) is 11.1 Å². The number of fused-ring (bicyclic) bond motifs is 3. The number of ether oxygens (including phenoxy) is 1. The molecule has 0 saturated heterocycles. The highest BCUT2D eigenvalue weighted by Crippen LogP contribution is 2.42.